The van der Waals surface area contributed by atoms with Gasteiger partial charge in [0.1, 0.15) is 5.78 Å². The fourth-order valence-electron chi connectivity index (χ4n) is 8.87. The van der Waals surface area contributed by atoms with E-state index in [0.717, 1.165) is 30.0 Å². The first-order chi connectivity index (χ1) is 23.0. The number of nitrogens with zero attached hydrogens (tertiary/aromatic N) is 2. The number of amides is 1. The summed E-state index contributed by atoms with van der Waals surface area (Å²) in [5.74, 6) is 1.67. The lowest BCUT2D eigenvalue weighted by Gasteiger charge is -2.44. The van der Waals surface area contributed by atoms with Gasteiger partial charge >= 0.3 is 0 Å². The molecule has 1 aromatic heterocycles. The number of carbonyl (C=O) groups is 2. The average molecular weight is 689 g/mol. The van der Waals surface area contributed by atoms with E-state index >= 15 is 0 Å². The van der Waals surface area contributed by atoms with Gasteiger partial charge < -0.3 is 14.8 Å². The zero-order valence-corrected chi connectivity index (χ0v) is 29.2. The van der Waals surface area contributed by atoms with Crippen molar-refractivity contribution in [3.8, 4) is 0 Å². The summed E-state index contributed by atoms with van der Waals surface area (Å²) >= 11 is 1.74. The lowest BCUT2D eigenvalue weighted by atomic mass is 9.70. The Kier molecular flexibility index (Phi) is 8.73. The number of hydrogen-bond donors (Lipinski definition) is 2. The van der Waals surface area contributed by atoms with Gasteiger partial charge in [-0.3, -0.25) is 19.1 Å². The molecule has 2 aliphatic carbocycles. The van der Waals surface area contributed by atoms with Crippen molar-refractivity contribution in [2.24, 2.45) is 22.7 Å². The Balaban J connectivity index is 1.13. The molecule has 4 unspecified atom stereocenters. The van der Waals surface area contributed by atoms with Gasteiger partial charge in [0.05, 0.1) is 22.5 Å². The maximum atomic E-state index is 14.0. The van der Waals surface area contributed by atoms with Crippen molar-refractivity contribution in [1.29, 1.82) is 0 Å². The molecule has 48 heavy (non-hydrogen) atoms. The van der Waals surface area contributed by atoms with E-state index in [9.17, 15) is 22.8 Å². The smallest absolute Gasteiger partial charge is 0.251 e. The second-order valence-corrected chi connectivity index (χ2v) is 17.5. The lowest BCUT2D eigenvalue weighted by molar-refractivity contribution is -0.128. The van der Waals surface area contributed by atoms with Crippen molar-refractivity contribution < 1.29 is 18.0 Å². The number of sulfonamides is 1. The van der Waals surface area contributed by atoms with E-state index in [0.29, 0.717) is 56.0 Å². The molecule has 3 heterocycles. The van der Waals surface area contributed by atoms with E-state index in [2.05, 4.69) is 27.1 Å². The number of thioether (sulfide) groups is 1. The molecular formula is C37H44N4O5S2. The largest absolute Gasteiger partial charge is 0.369 e. The third kappa shape index (κ3) is 6.08. The monoisotopic (exact) mass is 688 g/mol. The molecule has 4 bridgehead atoms. The maximum absolute atomic E-state index is 14.0. The number of anilines is 2. The van der Waals surface area contributed by atoms with E-state index < -0.39 is 20.9 Å². The topological polar surface area (TPSA) is 118 Å². The number of fused-ring (bicyclic) bond motifs is 6. The van der Waals surface area contributed by atoms with E-state index in [1.54, 1.807) is 36.0 Å². The van der Waals surface area contributed by atoms with Crippen molar-refractivity contribution in [1.82, 2.24) is 9.88 Å². The van der Waals surface area contributed by atoms with Gasteiger partial charge in [0.25, 0.3) is 11.5 Å². The molecule has 0 spiro atoms. The standard InChI is InChI=1S/C37H44N4O5S2/c1-36(2)29-13-14-37(36,33(42)19-29)24-48(45,46)39-30-18-27(35(44)38-15-16-47-23-25-7-4-3-5-8-25)11-12-32(30)40-20-26-17-28(22-40)31-9-6-10-34(43)41(31)21-26/h3-12,18,26,28-29,39H,13-17,19-24H2,1-2H3,(H,38,44). The van der Waals surface area contributed by atoms with E-state index in [4.69, 9.17) is 0 Å². The molecule has 254 valence electrons. The first-order valence-electron chi connectivity index (χ1n) is 17.0. The van der Waals surface area contributed by atoms with Crippen LogP contribution in [0.1, 0.15) is 67.1 Å². The van der Waals surface area contributed by atoms with Crippen LogP contribution in [0.2, 0.25) is 0 Å². The summed E-state index contributed by atoms with van der Waals surface area (Å²) in [6.45, 7) is 6.45. The van der Waals surface area contributed by atoms with Crippen LogP contribution >= 0.6 is 11.8 Å². The van der Waals surface area contributed by atoms with Crippen molar-refractivity contribution in [3.05, 3.63) is 93.9 Å². The second kappa shape index (κ2) is 12.7. The molecule has 2 aliphatic heterocycles. The number of Topliss-reactive ketones (excluding diaryl/α,β-unsaturated/α-hetero) is 1. The Morgan fingerprint density at radius 1 is 1.00 bits per heavy atom. The minimum Gasteiger partial charge on any atom is -0.369 e. The highest BCUT2D eigenvalue weighted by Crippen LogP contribution is 2.64. The van der Waals surface area contributed by atoms with E-state index in [1.807, 2.05) is 48.7 Å². The lowest BCUT2D eigenvalue weighted by Crippen LogP contribution is -2.47. The quantitative estimate of drug-likeness (QED) is 0.264. The fraction of sp³-hybridized carbons (Fsp3) is 0.486. The highest BCUT2D eigenvalue weighted by atomic mass is 32.2. The molecule has 9 nitrogen and oxygen atoms in total. The van der Waals surface area contributed by atoms with Crippen LogP contribution in [0.3, 0.4) is 0 Å². The minimum absolute atomic E-state index is 0.0100. The van der Waals surface area contributed by atoms with Crippen LogP contribution in [-0.2, 0) is 27.1 Å². The molecule has 3 aromatic rings. The number of ketones is 1. The molecule has 2 N–H and O–H groups in total. The summed E-state index contributed by atoms with van der Waals surface area (Å²) in [5.41, 5.74) is 2.37. The third-order valence-electron chi connectivity index (χ3n) is 11.6. The average Bonchev–Trinajstić information content (AvgIpc) is 3.39. The molecular weight excluding hydrogens is 645 g/mol. The molecule has 7 rings (SSSR count). The summed E-state index contributed by atoms with van der Waals surface area (Å²) in [6.07, 6.45) is 2.84. The number of piperidine rings is 1. The van der Waals surface area contributed by atoms with Gasteiger partial charge in [-0.2, -0.15) is 11.8 Å². The van der Waals surface area contributed by atoms with Crippen molar-refractivity contribution >= 4 is 44.9 Å². The van der Waals surface area contributed by atoms with Crippen molar-refractivity contribution in [2.45, 2.75) is 57.7 Å². The van der Waals surface area contributed by atoms with Crippen molar-refractivity contribution in [3.63, 3.8) is 0 Å². The van der Waals surface area contributed by atoms with Gasteiger partial charge in [-0.15, -0.1) is 0 Å². The zero-order chi connectivity index (χ0) is 33.7. The van der Waals surface area contributed by atoms with Gasteiger partial charge in [-0.05, 0) is 66.3 Å². The first kappa shape index (κ1) is 33.0. The van der Waals surface area contributed by atoms with Crippen LogP contribution in [0.15, 0.2) is 71.5 Å². The summed E-state index contributed by atoms with van der Waals surface area (Å²) in [4.78, 5) is 41.4. The first-order valence-corrected chi connectivity index (χ1v) is 19.8. The van der Waals surface area contributed by atoms with E-state index in [1.165, 1.54) is 5.56 Å². The van der Waals surface area contributed by atoms with E-state index in [-0.39, 0.29) is 40.8 Å². The molecule has 2 aromatic carbocycles. The predicted octanol–water partition coefficient (Wildman–Crippen LogP) is 5.27. The van der Waals surface area contributed by atoms with Crippen LogP contribution < -0.4 is 20.5 Å². The number of aromatic nitrogens is 1. The summed E-state index contributed by atoms with van der Waals surface area (Å²) in [5, 5.41) is 2.99. The number of rotatable bonds is 11. The number of pyridine rings is 1. The van der Waals surface area contributed by atoms with Crippen LogP contribution in [0.4, 0.5) is 11.4 Å². The highest BCUT2D eigenvalue weighted by Gasteiger charge is 2.65. The molecule has 1 amide bonds. The second-order valence-electron chi connectivity index (χ2n) is 14.7. The van der Waals surface area contributed by atoms with Crippen molar-refractivity contribution in [2.75, 3.05) is 40.8 Å². The summed E-state index contributed by atoms with van der Waals surface area (Å²) in [7, 11) is -3.97. The normalized spacial score (nSPS) is 25.5. The molecule has 1 saturated heterocycles. The zero-order valence-electron chi connectivity index (χ0n) is 27.6. The molecule has 4 aliphatic rings. The van der Waals surface area contributed by atoms with Crippen LogP contribution in [0, 0.1) is 22.7 Å². The number of benzene rings is 2. The SMILES string of the molecule is CC1(C)C2CCC1(CS(=O)(=O)Nc1cc(C(=O)NCCSCc3ccccc3)ccc1N1CC3CC(C1)c1cccc(=O)n1C3)C(=O)C2. The van der Waals surface area contributed by atoms with Gasteiger partial charge in [-0.1, -0.05) is 50.2 Å². The fourth-order valence-corrected chi connectivity index (χ4v) is 11.6. The highest BCUT2D eigenvalue weighted by molar-refractivity contribution is 7.98. The number of hydrogen-bond acceptors (Lipinski definition) is 7. The minimum atomic E-state index is -3.97. The van der Waals surface area contributed by atoms with Gasteiger partial charge in [-0.25, -0.2) is 8.42 Å². The van der Waals surface area contributed by atoms with Crippen LogP contribution in [0.25, 0.3) is 0 Å². The van der Waals surface area contributed by atoms with Gasteiger partial charge in [0.15, 0.2) is 0 Å². The number of nitrogens with one attached hydrogen (secondary N) is 2. The van der Waals surface area contributed by atoms with Gasteiger partial charge in [0, 0.05) is 67.3 Å². The Labute approximate surface area is 286 Å². The third-order valence-corrected chi connectivity index (χ3v) is 14.0. The van der Waals surface area contributed by atoms with Crippen LogP contribution in [-0.4, -0.2) is 55.8 Å². The Morgan fingerprint density at radius 3 is 2.56 bits per heavy atom. The Hall–Kier alpha value is -3.57. The Morgan fingerprint density at radius 2 is 1.81 bits per heavy atom. The molecule has 11 heteroatoms. The molecule has 4 atom stereocenters. The molecule has 2 saturated carbocycles. The number of carbonyl (C=O) groups excluding carboxylic acids is 2. The predicted molar refractivity (Wildman–Crippen MR) is 191 cm³/mol. The summed E-state index contributed by atoms with van der Waals surface area (Å²) in [6, 6.07) is 20.8. The molecule has 3 fully saturated rings. The summed E-state index contributed by atoms with van der Waals surface area (Å²) < 4.78 is 32.8. The van der Waals surface area contributed by atoms with Crippen LogP contribution in [0.5, 0.6) is 0 Å². The van der Waals surface area contributed by atoms with Gasteiger partial charge in [0.2, 0.25) is 10.0 Å². The molecule has 0 radical (unpaired) electrons. The maximum Gasteiger partial charge on any atom is 0.251 e. The Bertz CT molecular complexity index is 1890.